The van der Waals surface area contributed by atoms with Crippen LogP contribution in [0.2, 0.25) is 0 Å². The van der Waals surface area contributed by atoms with Gasteiger partial charge in [0.15, 0.2) is 17.4 Å². The largest absolute Gasteiger partial charge is 0.356 e. The standard InChI is InChI=1S/C15H25N7O2S.HI/c1-4-21(25(3,23)24)10-7-9-17-15(16-2)18-12-14-20-19-13-8-5-6-11-22(13)14;/h5-6,8,11H,4,7,9-10,12H2,1-3H3,(H2,16,17,18);1H. The van der Waals surface area contributed by atoms with Crippen molar-refractivity contribution in [2.75, 3.05) is 32.9 Å². The third-order valence-corrected chi connectivity index (χ3v) is 5.10. The van der Waals surface area contributed by atoms with Crippen molar-refractivity contribution in [1.82, 2.24) is 29.5 Å². The summed E-state index contributed by atoms with van der Waals surface area (Å²) in [4.78, 5) is 4.16. The predicted molar refractivity (Wildman–Crippen MR) is 113 cm³/mol. The molecule has 2 aromatic rings. The van der Waals surface area contributed by atoms with Crippen molar-refractivity contribution in [2.45, 2.75) is 19.9 Å². The van der Waals surface area contributed by atoms with Crippen LogP contribution in [0.15, 0.2) is 29.4 Å². The zero-order valence-corrected chi connectivity index (χ0v) is 18.4. The van der Waals surface area contributed by atoms with Crippen LogP contribution in [0, 0.1) is 0 Å². The van der Waals surface area contributed by atoms with Crippen LogP contribution in [0.25, 0.3) is 5.65 Å². The first-order valence-electron chi connectivity index (χ1n) is 8.14. The van der Waals surface area contributed by atoms with E-state index in [1.165, 1.54) is 10.6 Å². The summed E-state index contributed by atoms with van der Waals surface area (Å²) in [6.45, 7) is 3.89. The molecule has 0 aromatic carbocycles. The Hall–Kier alpha value is -1.47. The van der Waals surface area contributed by atoms with E-state index in [1.54, 1.807) is 7.05 Å². The van der Waals surface area contributed by atoms with Gasteiger partial charge in [-0.05, 0) is 18.6 Å². The number of guanidine groups is 1. The second-order valence-electron chi connectivity index (χ2n) is 5.51. The van der Waals surface area contributed by atoms with Crippen LogP contribution in [0.3, 0.4) is 0 Å². The normalized spacial score (nSPS) is 12.2. The smallest absolute Gasteiger partial charge is 0.211 e. The third-order valence-electron chi connectivity index (χ3n) is 3.72. The highest BCUT2D eigenvalue weighted by Gasteiger charge is 2.13. The summed E-state index contributed by atoms with van der Waals surface area (Å²) in [5, 5.41) is 14.6. The Kier molecular flexibility index (Phi) is 9.22. The van der Waals surface area contributed by atoms with Gasteiger partial charge >= 0.3 is 0 Å². The molecule has 9 nitrogen and oxygen atoms in total. The molecular weight excluding hydrogens is 469 g/mol. The van der Waals surface area contributed by atoms with Gasteiger partial charge in [-0.15, -0.1) is 34.2 Å². The van der Waals surface area contributed by atoms with E-state index in [1.807, 2.05) is 35.7 Å². The van der Waals surface area contributed by atoms with Gasteiger partial charge in [-0.1, -0.05) is 13.0 Å². The molecule has 0 radical (unpaired) electrons. The van der Waals surface area contributed by atoms with Gasteiger partial charge < -0.3 is 10.6 Å². The summed E-state index contributed by atoms with van der Waals surface area (Å²) in [7, 11) is -1.45. The Bertz CT molecular complexity index is 822. The molecule has 0 unspecified atom stereocenters. The Morgan fingerprint density at radius 1 is 1.31 bits per heavy atom. The maximum absolute atomic E-state index is 11.5. The molecule has 0 bridgehead atoms. The fourth-order valence-electron chi connectivity index (χ4n) is 2.42. The lowest BCUT2D eigenvalue weighted by molar-refractivity contribution is 0.424. The van der Waals surface area contributed by atoms with Gasteiger partial charge in [0.1, 0.15) is 0 Å². The SMILES string of the molecule is CCN(CCCNC(=NC)NCc1nnc2ccccn12)S(C)(=O)=O.I. The number of nitrogens with one attached hydrogen (secondary N) is 2. The van der Waals surface area contributed by atoms with E-state index in [4.69, 9.17) is 0 Å². The van der Waals surface area contributed by atoms with Crippen molar-refractivity contribution < 1.29 is 8.42 Å². The zero-order valence-electron chi connectivity index (χ0n) is 15.2. The summed E-state index contributed by atoms with van der Waals surface area (Å²) in [6.07, 6.45) is 3.83. The lowest BCUT2D eigenvalue weighted by Crippen LogP contribution is -2.39. The molecule has 2 rings (SSSR count). The number of fused-ring (bicyclic) bond motifs is 1. The number of halogens is 1. The minimum atomic E-state index is -3.14. The zero-order chi connectivity index (χ0) is 18.3. The summed E-state index contributed by atoms with van der Waals surface area (Å²) in [6, 6.07) is 5.73. The summed E-state index contributed by atoms with van der Waals surface area (Å²) in [5.41, 5.74) is 0.794. The van der Waals surface area contributed by atoms with Crippen molar-refractivity contribution >= 4 is 45.6 Å². The van der Waals surface area contributed by atoms with E-state index >= 15 is 0 Å². The van der Waals surface area contributed by atoms with E-state index in [9.17, 15) is 8.42 Å². The molecular formula is C15H26IN7O2S. The van der Waals surface area contributed by atoms with Gasteiger partial charge in [-0.3, -0.25) is 9.39 Å². The van der Waals surface area contributed by atoms with Crippen LogP contribution in [-0.4, -0.2) is 66.2 Å². The molecule has 26 heavy (non-hydrogen) atoms. The van der Waals surface area contributed by atoms with E-state index in [0.717, 1.165) is 11.5 Å². The maximum Gasteiger partial charge on any atom is 0.211 e. The van der Waals surface area contributed by atoms with E-state index in [2.05, 4.69) is 25.8 Å². The van der Waals surface area contributed by atoms with Gasteiger partial charge in [-0.2, -0.15) is 0 Å². The highest BCUT2D eigenvalue weighted by Crippen LogP contribution is 2.02. The average Bonchev–Trinajstić information content (AvgIpc) is 2.99. The molecule has 0 fully saturated rings. The number of sulfonamides is 1. The summed E-state index contributed by atoms with van der Waals surface area (Å²) >= 11 is 0. The van der Waals surface area contributed by atoms with Gasteiger partial charge in [0, 0.05) is 32.9 Å². The van der Waals surface area contributed by atoms with Crippen molar-refractivity contribution in [2.24, 2.45) is 4.99 Å². The fraction of sp³-hybridized carbons (Fsp3) is 0.533. The molecule has 0 aliphatic rings. The number of hydrogen-bond donors (Lipinski definition) is 2. The average molecular weight is 495 g/mol. The molecule has 2 aromatic heterocycles. The fourth-order valence-corrected chi connectivity index (χ4v) is 3.35. The van der Waals surface area contributed by atoms with Crippen molar-refractivity contribution in [3.63, 3.8) is 0 Å². The first-order valence-corrected chi connectivity index (χ1v) is 9.98. The quantitative estimate of drug-likeness (QED) is 0.242. The van der Waals surface area contributed by atoms with Gasteiger partial charge in [0.25, 0.3) is 0 Å². The minimum Gasteiger partial charge on any atom is -0.356 e. The van der Waals surface area contributed by atoms with E-state index in [0.29, 0.717) is 38.6 Å². The molecule has 0 aliphatic carbocycles. The third kappa shape index (κ3) is 6.36. The number of hydrogen-bond acceptors (Lipinski definition) is 5. The number of rotatable bonds is 8. The van der Waals surface area contributed by atoms with E-state index < -0.39 is 10.0 Å². The van der Waals surface area contributed by atoms with Crippen LogP contribution in [0.4, 0.5) is 0 Å². The number of pyridine rings is 1. The Balaban J connectivity index is 0.00000338. The molecule has 2 N–H and O–H groups in total. The molecule has 0 amide bonds. The maximum atomic E-state index is 11.5. The molecule has 0 spiro atoms. The molecule has 0 atom stereocenters. The first kappa shape index (κ1) is 22.6. The Morgan fingerprint density at radius 2 is 2.08 bits per heavy atom. The lowest BCUT2D eigenvalue weighted by atomic mass is 10.4. The number of aliphatic imine (C=N–C) groups is 1. The van der Waals surface area contributed by atoms with E-state index in [-0.39, 0.29) is 24.0 Å². The van der Waals surface area contributed by atoms with Crippen LogP contribution in [0.5, 0.6) is 0 Å². The highest BCUT2D eigenvalue weighted by atomic mass is 127. The molecule has 2 heterocycles. The molecule has 0 saturated carbocycles. The summed E-state index contributed by atoms with van der Waals surface area (Å²) in [5.74, 6) is 1.42. The molecule has 146 valence electrons. The van der Waals surface area contributed by atoms with Gasteiger partial charge in [0.05, 0.1) is 12.8 Å². The number of aromatic nitrogens is 3. The highest BCUT2D eigenvalue weighted by molar-refractivity contribution is 14.0. The molecule has 11 heteroatoms. The van der Waals surface area contributed by atoms with Gasteiger partial charge in [0.2, 0.25) is 10.0 Å². The topological polar surface area (TPSA) is 104 Å². The molecule has 0 saturated heterocycles. The predicted octanol–water partition coefficient (Wildman–Crippen LogP) is 0.684. The Morgan fingerprint density at radius 3 is 2.73 bits per heavy atom. The Labute approximate surface area is 171 Å². The van der Waals surface area contributed by atoms with Crippen molar-refractivity contribution in [1.29, 1.82) is 0 Å². The van der Waals surface area contributed by atoms with Crippen LogP contribution >= 0.6 is 24.0 Å². The van der Waals surface area contributed by atoms with Crippen molar-refractivity contribution in [3.05, 3.63) is 30.2 Å². The van der Waals surface area contributed by atoms with Crippen molar-refractivity contribution in [3.8, 4) is 0 Å². The van der Waals surface area contributed by atoms with Gasteiger partial charge in [-0.25, -0.2) is 12.7 Å². The first-order chi connectivity index (χ1) is 12.0. The second kappa shape index (κ2) is 10.6. The van der Waals surface area contributed by atoms with Crippen LogP contribution < -0.4 is 10.6 Å². The lowest BCUT2D eigenvalue weighted by Gasteiger charge is -2.18. The number of nitrogens with zero attached hydrogens (tertiary/aromatic N) is 5. The molecule has 0 aliphatic heterocycles. The van der Waals surface area contributed by atoms with Crippen LogP contribution in [-0.2, 0) is 16.6 Å². The monoisotopic (exact) mass is 495 g/mol. The van der Waals surface area contributed by atoms with Crippen LogP contribution in [0.1, 0.15) is 19.2 Å². The minimum absolute atomic E-state index is 0. The summed E-state index contributed by atoms with van der Waals surface area (Å²) < 4.78 is 26.4. The second-order valence-corrected chi connectivity index (χ2v) is 7.49.